The van der Waals surface area contributed by atoms with E-state index in [9.17, 15) is 0 Å². The normalized spacial score (nSPS) is 12.4. The van der Waals surface area contributed by atoms with Crippen LogP contribution in [0.1, 0.15) is 17.2 Å². The van der Waals surface area contributed by atoms with Gasteiger partial charge in [0.15, 0.2) is 0 Å². The molecule has 19 heavy (non-hydrogen) atoms. The van der Waals surface area contributed by atoms with Gasteiger partial charge in [0.2, 0.25) is 0 Å². The van der Waals surface area contributed by atoms with E-state index in [4.69, 9.17) is 34.8 Å². The third-order valence-corrected chi connectivity index (χ3v) is 3.47. The number of rotatable bonds is 4. The average molecular weight is 296 g/mol. The maximum absolute atomic E-state index is 5.97. The first-order valence-corrected chi connectivity index (χ1v) is 6.61. The van der Waals surface area contributed by atoms with Gasteiger partial charge < -0.3 is 5.73 Å². The van der Waals surface area contributed by atoms with Crippen molar-refractivity contribution in [2.45, 2.75) is 12.5 Å². The van der Waals surface area contributed by atoms with E-state index >= 15 is 0 Å². The fraction of sp³-hybridized carbons (Fsp3) is 0.143. The molecule has 0 aliphatic rings. The Kier molecular flexibility index (Phi) is 4.66. The zero-order valence-electron chi connectivity index (χ0n) is 10.2. The molecule has 0 bridgehead atoms. The van der Waals surface area contributed by atoms with Crippen molar-refractivity contribution in [3.63, 3.8) is 0 Å². The number of nitrogens with two attached hydrogens (primary N) is 2. The van der Waals surface area contributed by atoms with Gasteiger partial charge in [-0.15, -0.1) is 0 Å². The van der Waals surface area contributed by atoms with Gasteiger partial charge in [-0.3, -0.25) is 11.3 Å². The summed E-state index contributed by atoms with van der Waals surface area (Å²) < 4.78 is 0. The number of benzene rings is 2. The maximum atomic E-state index is 5.97. The van der Waals surface area contributed by atoms with E-state index in [-0.39, 0.29) is 6.04 Å². The molecule has 100 valence electrons. The van der Waals surface area contributed by atoms with Crippen LogP contribution in [0, 0.1) is 0 Å². The molecular weight excluding hydrogens is 281 g/mol. The molecule has 5 heteroatoms. The first kappa shape index (κ1) is 14.2. The third-order valence-electron chi connectivity index (χ3n) is 2.98. The Labute approximate surface area is 122 Å². The van der Waals surface area contributed by atoms with Crippen molar-refractivity contribution in [2.24, 2.45) is 5.84 Å². The molecule has 2 rings (SSSR count). The van der Waals surface area contributed by atoms with Crippen LogP contribution in [-0.2, 0) is 6.42 Å². The summed E-state index contributed by atoms with van der Waals surface area (Å²) in [5, 5.41) is 1.33. The predicted molar refractivity (Wildman–Crippen MR) is 81.1 cm³/mol. The molecule has 0 saturated heterocycles. The maximum Gasteiger partial charge on any atom is 0.0520 e. The molecule has 0 heterocycles. The van der Waals surface area contributed by atoms with E-state index in [1.54, 1.807) is 12.1 Å². The van der Waals surface area contributed by atoms with Crippen molar-refractivity contribution < 1.29 is 0 Å². The van der Waals surface area contributed by atoms with Crippen molar-refractivity contribution in [2.75, 3.05) is 5.73 Å². The molecule has 0 aromatic heterocycles. The lowest BCUT2D eigenvalue weighted by Crippen LogP contribution is -2.30. The predicted octanol–water partition coefficient (Wildman–Crippen LogP) is 3.32. The smallest absolute Gasteiger partial charge is 0.0520 e. The second-order valence-corrected chi connectivity index (χ2v) is 5.20. The number of nitrogens with one attached hydrogen (secondary N) is 1. The summed E-state index contributed by atoms with van der Waals surface area (Å²) in [5.41, 5.74) is 11.4. The highest BCUT2D eigenvalue weighted by molar-refractivity contribution is 6.31. The summed E-state index contributed by atoms with van der Waals surface area (Å²) in [6, 6.07) is 13.0. The van der Waals surface area contributed by atoms with Crippen LogP contribution in [0.25, 0.3) is 0 Å². The summed E-state index contributed by atoms with van der Waals surface area (Å²) in [6.45, 7) is 0. The molecule has 0 radical (unpaired) electrons. The quantitative estimate of drug-likeness (QED) is 0.461. The van der Waals surface area contributed by atoms with Crippen molar-refractivity contribution in [3.05, 3.63) is 63.6 Å². The van der Waals surface area contributed by atoms with Gasteiger partial charge in [-0.25, -0.2) is 0 Å². The SMILES string of the molecule is NNC(Cc1ccc(Cl)cc1)c1ccc(Cl)cc1N. The Morgan fingerprint density at radius 3 is 2.21 bits per heavy atom. The molecule has 2 aromatic rings. The Morgan fingerprint density at radius 1 is 1.00 bits per heavy atom. The molecule has 0 spiro atoms. The van der Waals surface area contributed by atoms with E-state index in [0.29, 0.717) is 15.7 Å². The number of halogens is 2. The standard InChI is InChI=1S/C14H15Cl2N3/c15-10-3-1-9(2-4-10)7-14(19-18)12-6-5-11(16)8-13(12)17/h1-6,8,14,19H,7,17-18H2. The van der Waals surface area contributed by atoms with Gasteiger partial charge in [-0.05, 0) is 41.8 Å². The molecule has 0 saturated carbocycles. The van der Waals surface area contributed by atoms with Gasteiger partial charge in [0.25, 0.3) is 0 Å². The van der Waals surface area contributed by atoms with Crippen molar-refractivity contribution >= 4 is 28.9 Å². The van der Waals surface area contributed by atoms with Crippen LogP contribution in [0.2, 0.25) is 10.0 Å². The minimum Gasteiger partial charge on any atom is -0.398 e. The lowest BCUT2D eigenvalue weighted by molar-refractivity contribution is 0.553. The molecule has 1 unspecified atom stereocenters. The highest BCUT2D eigenvalue weighted by Gasteiger charge is 2.13. The highest BCUT2D eigenvalue weighted by Crippen LogP contribution is 2.26. The molecule has 2 aromatic carbocycles. The number of hydrogen-bond acceptors (Lipinski definition) is 3. The summed E-state index contributed by atoms with van der Waals surface area (Å²) >= 11 is 11.8. The Balaban J connectivity index is 2.22. The summed E-state index contributed by atoms with van der Waals surface area (Å²) in [5.74, 6) is 5.62. The van der Waals surface area contributed by atoms with Crippen molar-refractivity contribution in [3.8, 4) is 0 Å². The van der Waals surface area contributed by atoms with E-state index in [2.05, 4.69) is 5.43 Å². The Bertz CT molecular complexity index is 555. The molecule has 0 amide bonds. The van der Waals surface area contributed by atoms with Gasteiger partial charge >= 0.3 is 0 Å². The topological polar surface area (TPSA) is 64.1 Å². The Morgan fingerprint density at radius 2 is 1.63 bits per heavy atom. The molecule has 0 fully saturated rings. The molecule has 0 aliphatic heterocycles. The van der Waals surface area contributed by atoms with Crippen LogP contribution in [0.3, 0.4) is 0 Å². The van der Waals surface area contributed by atoms with Crippen LogP contribution < -0.4 is 17.0 Å². The van der Waals surface area contributed by atoms with Crippen LogP contribution >= 0.6 is 23.2 Å². The van der Waals surface area contributed by atoms with Gasteiger partial charge in [0.1, 0.15) is 0 Å². The van der Waals surface area contributed by atoms with Crippen LogP contribution in [0.4, 0.5) is 5.69 Å². The van der Waals surface area contributed by atoms with Gasteiger partial charge in [-0.1, -0.05) is 41.4 Å². The summed E-state index contributed by atoms with van der Waals surface area (Å²) in [6.07, 6.45) is 0.722. The first-order chi connectivity index (χ1) is 9.10. The minimum atomic E-state index is -0.0709. The molecule has 5 N–H and O–H groups in total. The van der Waals surface area contributed by atoms with Crippen LogP contribution in [-0.4, -0.2) is 0 Å². The Hall–Kier alpha value is -1.26. The fourth-order valence-electron chi connectivity index (χ4n) is 1.98. The van der Waals surface area contributed by atoms with E-state index in [0.717, 1.165) is 17.5 Å². The molecular formula is C14H15Cl2N3. The zero-order valence-corrected chi connectivity index (χ0v) is 11.7. The van der Waals surface area contributed by atoms with Gasteiger partial charge in [0.05, 0.1) is 6.04 Å². The second kappa shape index (κ2) is 6.26. The fourth-order valence-corrected chi connectivity index (χ4v) is 2.28. The van der Waals surface area contributed by atoms with E-state index in [1.807, 2.05) is 30.3 Å². The lowest BCUT2D eigenvalue weighted by Gasteiger charge is -2.18. The number of nitrogen functional groups attached to an aromatic ring is 1. The minimum absolute atomic E-state index is 0.0709. The average Bonchev–Trinajstić information content (AvgIpc) is 2.39. The van der Waals surface area contributed by atoms with Crippen molar-refractivity contribution in [1.82, 2.24) is 5.43 Å². The molecule has 1 atom stereocenters. The van der Waals surface area contributed by atoms with Crippen LogP contribution in [0.15, 0.2) is 42.5 Å². The van der Waals surface area contributed by atoms with Gasteiger partial charge in [-0.2, -0.15) is 0 Å². The highest BCUT2D eigenvalue weighted by atomic mass is 35.5. The van der Waals surface area contributed by atoms with Gasteiger partial charge in [0, 0.05) is 15.7 Å². The number of anilines is 1. The largest absolute Gasteiger partial charge is 0.398 e. The number of hydrazine groups is 1. The van der Waals surface area contributed by atoms with E-state index < -0.39 is 0 Å². The molecule has 3 nitrogen and oxygen atoms in total. The monoisotopic (exact) mass is 295 g/mol. The summed E-state index contributed by atoms with van der Waals surface area (Å²) in [7, 11) is 0. The lowest BCUT2D eigenvalue weighted by atomic mass is 9.98. The van der Waals surface area contributed by atoms with Crippen LogP contribution in [0.5, 0.6) is 0 Å². The summed E-state index contributed by atoms with van der Waals surface area (Å²) in [4.78, 5) is 0. The molecule has 0 aliphatic carbocycles. The first-order valence-electron chi connectivity index (χ1n) is 5.85. The van der Waals surface area contributed by atoms with E-state index in [1.165, 1.54) is 0 Å². The zero-order chi connectivity index (χ0) is 13.8. The second-order valence-electron chi connectivity index (χ2n) is 4.32. The third kappa shape index (κ3) is 3.61. The van der Waals surface area contributed by atoms with Crippen molar-refractivity contribution in [1.29, 1.82) is 0 Å². The number of hydrogen-bond donors (Lipinski definition) is 3.